The molecule has 1 aromatic heterocycles. The van der Waals surface area contributed by atoms with Crippen molar-refractivity contribution in [2.24, 2.45) is 5.92 Å². The molecule has 2 aromatic carbocycles. The molecule has 3 aromatic rings. The van der Waals surface area contributed by atoms with Crippen LogP contribution in [0.25, 0.3) is 0 Å². The number of carbonyl (C=O) groups excluding carboxylic acids is 1. The van der Waals surface area contributed by atoms with Crippen molar-refractivity contribution in [3.05, 3.63) is 95.7 Å². The Morgan fingerprint density at radius 1 is 0.947 bits per heavy atom. The van der Waals surface area contributed by atoms with Crippen molar-refractivity contribution in [1.82, 2.24) is 14.2 Å². The Labute approximate surface area is 221 Å². The van der Waals surface area contributed by atoms with Crippen LogP contribution in [0, 0.1) is 17.6 Å². The van der Waals surface area contributed by atoms with Gasteiger partial charge in [0.15, 0.2) is 0 Å². The molecule has 2 fully saturated rings. The van der Waals surface area contributed by atoms with E-state index in [1.165, 1.54) is 22.7 Å². The van der Waals surface area contributed by atoms with Gasteiger partial charge in [-0.25, -0.2) is 22.2 Å². The average molecular weight is 541 g/mol. The first-order valence-electron chi connectivity index (χ1n) is 12.6. The lowest BCUT2D eigenvalue weighted by Gasteiger charge is -2.27. The van der Waals surface area contributed by atoms with Crippen molar-refractivity contribution in [2.45, 2.75) is 18.4 Å². The lowest BCUT2D eigenvalue weighted by molar-refractivity contribution is -0.135. The minimum absolute atomic E-state index is 0.163. The van der Waals surface area contributed by atoms with Crippen LogP contribution in [0.15, 0.2) is 72.9 Å². The highest BCUT2D eigenvalue weighted by Gasteiger charge is 2.43. The summed E-state index contributed by atoms with van der Waals surface area (Å²) in [6, 6.07) is 18.0. The number of benzene rings is 2. The second-order valence-electron chi connectivity index (χ2n) is 9.89. The van der Waals surface area contributed by atoms with Crippen LogP contribution in [0.4, 0.5) is 14.6 Å². The molecule has 200 valence electrons. The predicted molar refractivity (Wildman–Crippen MR) is 141 cm³/mol. The van der Waals surface area contributed by atoms with Crippen molar-refractivity contribution < 1.29 is 22.0 Å². The molecule has 5 rings (SSSR count). The highest BCUT2D eigenvalue weighted by molar-refractivity contribution is 7.88. The summed E-state index contributed by atoms with van der Waals surface area (Å²) in [5.41, 5.74) is 1.17. The lowest BCUT2D eigenvalue weighted by Crippen LogP contribution is -2.42. The van der Waals surface area contributed by atoms with Gasteiger partial charge in [-0.05, 0) is 35.7 Å². The fourth-order valence-corrected chi connectivity index (χ4v) is 6.77. The minimum atomic E-state index is -3.53. The average Bonchev–Trinajstić information content (AvgIpc) is 3.20. The molecule has 0 saturated carbocycles. The molecular weight excluding hydrogens is 510 g/mol. The highest BCUT2D eigenvalue weighted by Crippen LogP contribution is 2.38. The van der Waals surface area contributed by atoms with Gasteiger partial charge in [0.2, 0.25) is 15.9 Å². The summed E-state index contributed by atoms with van der Waals surface area (Å²) in [5.74, 6) is -1.95. The van der Waals surface area contributed by atoms with Gasteiger partial charge >= 0.3 is 0 Å². The van der Waals surface area contributed by atoms with E-state index in [1.54, 1.807) is 17.2 Å². The van der Waals surface area contributed by atoms with Crippen LogP contribution in [-0.2, 0) is 14.8 Å². The Hall–Kier alpha value is -3.37. The number of aromatic nitrogens is 1. The summed E-state index contributed by atoms with van der Waals surface area (Å²) in [5, 5.41) is 0. The van der Waals surface area contributed by atoms with Crippen LogP contribution in [-0.4, -0.2) is 67.5 Å². The van der Waals surface area contributed by atoms with Crippen LogP contribution in [0.1, 0.15) is 29.5 Å². The molecule has 7 nitrogen and oxygen atoms in total. The summed E-state index contributed by atoms with van der Waals surface area (Å²) in [6.45, 7) is 1.44. The third-order valence-electron chi connectivity index (χ3n) is 7.50. The predicted octanol–water partition coefficient (Wildman–Crippen LogP) is 3.82. The number of sulfonamides is 1. The van der Waals surface area contributed by atoms with Gasteiger partial charge in [0.25, 0.3) is 0 Å². The molecule has 2 saturated heterocycles. The van der Waals surface area contributed by atoms with Crippen molar-refractivity contribution in [1.29, 1.82) is 0 Å². The zero-order chi connectivity index (χ0) is 26.9. The Morgan fingerprint density at radius 2 is 1.71 bits per heavy atom. The van der Waals surface area contributed by atoms with E-state index in [4.69, 9.17) is 0 Å². The Kier molecular flexibility index (Phi) is 7.45. The molecule has 2 aliphatic rings. The maximum absolute atomic E-state index is 14.9. The van der Waals surface area contributed by atoms with Crippen molar-refractivity contribution >= 4 is 21.7 Å². The van der Waals surface area contributed by atoms with Crippen molar-refractivity contribution in [2.75, 3.05) is 43.9 Å². The van der Waals surface area contributed by atoms with Gasteiger partial charge in [-0.1, -0.05) is 42.5 Å². The van der Waals surface area contributed by atoms with E-state index in [9.17, 15) is 22.0 Å². The number of nitrogens with zero attached hydrogens (tertiary/aromatic N) is 4. The van der Waals surface area contributed by atoms with Crippen LogP contribution in [0.5, 0.6) is 0 Å². The van der Waals surface area contributed by atoms with E-state index in [0.29, 0.717) is 31.9 Å². The summed E-state index contributed by atoms with van der Waals surface area (Å²) >= 11 is 0. The number of rotatable bonds is 5. The fourth-order valence-electron chi connectivity index (χ4n) is 5.67. The van der Waals surface area contributed by atoms with Crippen LogP contribution >= 0.6 is 0 Å². The third-order valence-corrected chi connectivity index (χ3v) is 8.79. The molecule has 3 heterocycles. The number of amides is 1. The smallest absolute Gasteiger partial charge is 0.228 e. The molecule has 0 N–H and O–H groups in total. The highest BCUT2D eigenvalue weighted by atomic mass is 32.2. The Bertz CT molecular complexity index is 1390. The molecule has 0 spiro atoms. The first-order valence-corrected chi connectivity index (χ1v) is 14.5. The normalized spacial score (nSPS) is 22.9. The van der Waals surface area contributed by atoms with E-state index < -0.39 is 33.5 Å². The number of halogens is 2. The molecule has 2 aliphatic heterocycles. The molecule has 1 amide bonds. The minimum Gasteiger partial charge on any atom is -0.355 e. The van der Waals surface area contributed by atoms with Gasteiger partial charge < -0.3 is 9.80 Å². The Morgan fingerprint density at radius 3 is 2.39 bits per heavy atom. The summed E-state index contributed by atoms with van der Waals surface area (Å²) in [7, 11) is -3.53. The summed E-state index contributed by atoms with van der Waals surface area (Å²) in [4.78, 5) is 22.1. The molecular formula is C28H30F2N4O3S. The number of pyridine rings is 1. The zero-order valence-electron chi connectivity index (χ0n) is 21.1. The molecule has 3 atom stereocenters. The summed E-state index contributed by atoms with van der Waals surface area (Å²) < 4.78 is 55.5. The van der Waals surface area contributed by atoms with Gasteiger partial charge in [0, 0.05) is 50.9 Å². The zero-order valence-corrected chi connectivity index (χ0v) is 21.9. The SMILES string of the molecule is CS(=O)(=O)N1CCN(C(=O)[C@@H]2CN(c3ccccn3)C[C@H]2c2ccc(F)cc2F)CCC1c1ccccc1. The summed E-state index contributed by atoms with van der Waals surface area (Å²) in [6.07, 6.45) is 3.29. The monoisotopic (exact) mass is 540 g/mol. The topological polar surface area (TPSA) is 73.8 Å². The number of hydrogen-bond acceptors (Lipinski definition) is 5. The van der Waals surface area contributed by atoms with Crippen molar-refractivity contribution in [3.8, 4) is 0 Å². The van der Waals surface area contributed by atoms with E-state index in [2.05, 4.69) is 4.98 Å². The number of carbonyl (C=O) groups is 1. The van der Waals surface area contributed by atoms with E-state index in [1.807, 2.05) is 47.4 Å². The fraction of sp³-hybridized carbons (Fsp3) is 0.357. The second-order valence-corrected chi connectivity index (χ2v) is 11.8. The first kappa shape index (κ1) is 26.2. The Balaban J connectivity index is 1.44. The molecule has 1 unspecified atom stereocenters. The quantitative estimate of drug-likeness (QED) is 0.492. The van der Waals surface area contributed by atoms with Gasteiger partial charge in [-0.2, -0.15) is 4.31 Å². The standard InChI is InChI=1S/C28H30F2N4O3S/c1-38(36,37)34-16-15-32(14-12-26(34)20-7-3-2-4-8-20)28(35)24-19-33(27-9-5-6-13-31-27)18-23(24)22-11-10-21(29)17-25(22)30/h2-11,13,17,23-24,26H,12,14-16,18-19H2,1H3/t23-,24+,26?/m0/s1. The first-order chi connectivity index (χ1) is 18.2. The van der Waals surface area contributed by atoms with Gasteiger partial charge in [0.05, 0.1) is 18.2 Å². The molecule has 10 heteroatoms. The van der Waals surface area contributed by atoms with E-state index >= 15 is 0 Å². The van der Waals surface area contributed by atoms with E-state index in [0.717, 1.165) is 11.6 Å². The third kappa shape index (κ3) is 5.42. The second kappa shape index (κ2) is 10.8. The van der Waals surface area contributed by atoms with E-state index in [-0.39, 0.29) is 30.6 Å². The molecule has 38 heavy (non-hydrogen) atoms. The lowest BCUT2D eigenvalue weighted by atomic mass is 9.87. The molecule has 0 radical (unpaired) electrons. The van der Waals surface area contributed by atoms with Crippen LogP contribution < -0.4 is 4.90 Å². The van der Waals surface area contributed by atoms with Crippen LogP contribution in [0.3, 0.4) is 0 Å². The van der Waals surface area contributed by atoms with Gasteiger partial charge in [0.1, 0.15) is 17.5 Å². The van der Waals surface area contributed by atoms with Gasteiger partial charge in [-0.15, -0.1) is 0 Å². The van der Waals surface area contributed by atoms with Gasteiger partial charge in [-0.3, -0.25) is 4.79 Å². The van der Waals surface area contributed by atoms with Crippen LogP contribution in [0.2, 0.25) is 0 Å². The number of hydrogen-bond donors (Lipinski definition) is 0. The largest absolute Gasteiger partial charge is 0.355 e. The number of anilines is 1. The van der Waals surface area contributed by atoms with Crippen molar-refractivity contribution in [3.63, 3.8) is 0 Å². The molecule has 0 bridgehead atoms. The molecule has 0 aliphatic carbocycles. The maximum atomic E-state index is 14.9. The maximum Gasteiger partial charge on any atom is 0.228 e.